The van der Waals surface area contributed by atoms with Gasteiger partial charge in [0.2, 0.25) is 5.91 Å². The van der Waals surface area contributed by atoms with Crippen molar-refractivity contribution < 1.29 is 13.2 Å². The summed E-state index contributed by atoms with van der Waals surface area (Å²) in [4.78, 5) is 37.4. The minimum Gasteiger partial charge on any atom is -0.353 e. The van der Waals surface area contributed by atoms with Crippen LogP contribution >= 0.6 is 0 Å². The second-order valence-electron chi connectivity index (χ2n) is 9.11. The maximum atomic E-state index is 13.7. The average molecular weight is 455 g/mol. The third-order valence-electron chi connectivity index (χ3n) is 6.96. The van der Waals surface area contributed by atoms with Crippen molar-refractivity contribution >= 4 is 15.9 Å². The smallest absolute Gasteiger partial charge is 0.330 e. The van der Waals surface area contributed by atoms with Gasteiger partial charge in [-0.05, 0) is 45.4 Å². The Hall–Kier alpha value is -1.94. The average Bonchev–Trinajstić information content (AvgIpc) is 2.73. The lowest BCUT2D eigenvalue weighted by atomic mass is 9.70. The molecule has 5 atom stereocenters. The second-order valence-corrected chi connectivity index (χ2v) is 10.9. The van der Waals surface area contributed by atoms with Gasteiger partial charge in [-0.3, -0.25) is 14.2 Å². The predicted octanol–water partition coefficient (Wildman–Crippen LogP) is 0.957. The lowest BCUT2D eigenvalue weighted by Crippen LogP contribution is -2.60. The summed E-state index contributed by atoms with van der Waals surface area (Å²) in [6, 6.07) is -0.698. The number of nitrogens with one attached hydrogen (secondary N) is 1. The SMILES string of the molecule is CC[C@H](C)NC(=O)[C@@H]1C[C@H](C)N(S(=O)(=O)c2cn(C)c(=O)n(C)c2=O)[C@H]2CCCC[C@H]12. The molecular weight excluding hydrogens is 420 g/mol. The summed E-state index contributed by atoms with van der Waals surface area (Å²) in [5.41, 5.74) is -1.40. The molecule has 31 heavy (non-hydrogen) atoms. The van der Waals surface area contributed by atoms with Crippen LogP contribution in [0.4, 0.5) is 0 Å². The summed E-state index contributed by atoms with van der Waals surface area (Å²) >= 11 is 0. The van der Waals surface area contributed by atoms with Crippen LogP contribution in [0.5, 0.6) is 0 Å². The fourth-order valence-electron chi connectivity index (χ4n) is 5.13. The molecule has 1 aliphatic carbocycles. The summed E-state index contributed by atoms with van der Waals surface area (Å²) in [5, 5.41) is 3.07. The Balaban J connectivity index is 2.02. The van der Waals surface area contributed by atoms with E-state index in [1.165, 1.54) is 18.4 Å². The molecule has 0 bridgehead atoms. The molecule has 1 amide bonds. The molecule has 2 fully saturated rings. The fourth-order valence-corrected chi connectivity index (χ4v) is 7.19. The van der Waals surface area contributed by atoms with Crippen molar-refractivity contribution in [2.24, 2.45) is 25.9 Å². The normalized spacial score (nSPS) is 28.0. The van der Waals surface area contributed by atoms with Crippen molar-refractivity contribution in [3.63, 3.8) is 0 Å². The van der Waals surface area contributed by atoms with Crippen LogP contribution < -0.4 is 16.6 Å². The Kier molecular flexibility index (Phi) is 6.81. The van der Waals surface area contributed by atoms with Crippen LogP contribution in [0.3, 0.4) is 0 Å². The molecule has 174 valence electrons. The molecule has 0 radical (unpaired) electrons. The Bertz CT molecular complexity index is 1060. The molecule has 10 heteroatoms. The van der Waals surface area contributed by atoms with Gasteiger partial charge in [0.05, 0.1) is 0 Å². The quantitative estimate of drug-likeness (QED) is 0.712. The molecule has 1 saturated heterocycles. The number of carbonyl (C=O) groups excluding carboxylic acids is 1. The van der Waals surface area contributed by atoms with Gasteiger partial charge in [0.25, 0.3) is 15.6 Å². The molecule has 1 aromatic rings. The topological polar surface area (TPSA) is 110 Å². The Morgan fingerprint density at radius 3 is 2.52 bits per heavy atom. The van der Waals surface area contributed by atoms with Crippen LogP contribution in [0, 0.1) is 11.8 Å². The van der Waals surface area contributed by atoms with Gasteiger partial charge in [-0.2, -0.15) is 4.31 Å². The number of sulfonamides is 1. The molecular formula is C21H34N4O5S. The summed E-state index contributed by atoms with van der Waals surface area (Å²) < 4.78 is 30.8. The minimum absolute atomic E-state index is 0.00632. The molecule has 1 N–H and O–H groups in total. The minimum atomic E-state index is -4.14. The number of hydrogen-bond acceptors (Lipinski definition) is 5. The first-order valence-electron chi connectivity index (χ1n) is 11.1. The standard InChI is InChI=1S/C21H34N4O5S/c1-6-13(2)22-19(26)16-11-14(3)25(17-10-8-7-9-15(16)17)31(29,30)18-12-23(4)21(28)24(5)20(18)27/h12-17H,6-11H2,1-5H3,(H,22,26)/t13-,14-,15+,16+,17-/m0/s1. The molecule has 2 heterocycles. The molecule has 1 aliphatic heterocycles. The van der Waals surface area contributed by atoms with Gasteiger partial charge in [0.15, 0.2) is 4.90 Å². The van der Waals surface area contributed by atoms with Gasteiger partial charge in [-0.25, -0.2) is 13.2 Å². The van der Waals surface area contributed by atoms with Gasteiger partial charge in [0.1, 0.15) is 0 Å². The van der Waals surface area contributed by atoms with Crippen LogP contribution in [0.1, 0.15) is 59.3 Å². The maximum Gasteiger partial charge on any atom is 0.330 e. The van der Waals surface area contributed by atoms with Crippen LogP contribution in [0.2, 0.25) is 0 Å². The summed E-state index contributed by atoms with van der Waals surface area (Å²) in [7, 11) is -1.43. The first-order chi connectivity index (χ1) is 14.5. The number of amides is 1. The van der Waals surface area contributed by atoms with E-state index in [1.807, 2.05) is 13.8 Å². The summed E-state index contributed by atoms with van der Waals surface area (Å²) in [6.07, 6.45) is 5.64. The number of rotatable bonds is 5. The van der Waals surface area contributed by atoms with Gasteiger partial charge < -0.3 is 9.88 Å². The van der Waals surface area contributed by atoms with Crippen molar-refractivity contribution in [1.82, 2.24) is 18.8 Å². The van der Waals surface area contributed by atoms with E-state index in [0.717, 1.165) is 41.0 Å². The first-order valence-corrected chi connectivity index (χ1v) is 12.5. The van der Waals surface area contributed by atoms with Crippen molar-refractivity contribution in [3.8, 4) is 0 Å². The number of aryl methyl sites for hydroxylation is 1. The summed E-state index contributed by atoms with van der Waals surface area (Å²) in [5.74, 6) is -0.336. The maximum absolute atomic E-state index is 13.7. The number of carbonyl (C=O) groups is 1. The third-order valence-corrected chi connectivity index (χ3v) is 8.98. The fraction of sp³-hybridized carbons (Fsp3) is 0.762. The molecule has 9 nitrogen and oxygen atoms in total. The Labute approximate surface area is 183 Å². The molecule has 1 saturated carbocycles. The zero-order chi connectivity index (χ0) is 23.1. The number of nitrogens with zero attached hydrogens (tertiary/aromatic N) is 3. The van der Waals surface area contributed by atoms with E-state index in [9.17, 15) is 22.8 Å². The number of hydrogen-bond donors (Lipinski definition) is 1. The van der Waals surface area contributed by atoms with Gasteiger partial charge in [-0.1, -0.05) is 19.8 Å². The molecule has 0 aromatic carbocycles. The van der Waals surface area contributed by atoms with Gasteiger partial charge in [-0.15, -0.1) is 0 Å². The Morgan fingerprint density at radius 1 is 1.23 bits per heavy atom. The van der Waals surface area contributed by atoms with E-state index in [-0.39, 0.29) is 29.8 Å². The Morgan fingerprint density at radius 2 is 1.87 bits per heavy atom. The highest BCUT2D eigenvalue weighted by Crippen LogP contribution is 2.43. The molecule has 0 unspecified atom stereocenters. The van der Waals surface area contributed by atoms with E-state index in [0.29, 0.717) is 12.8 Å². The third kappa shape index (κ3) is 4.24. The van der Waals surface area contributed by atoms with Crippen LogP contribution in [0.25, 0.3) is 0 Å². The van der Waals surface area contributed by atoms with E-state index in [4.69, 9.17) is 0 Å². The van der Waals surface area contributed by atoms with Crippen LogP contribution in [-0.4, -0.2) is 45.9 Å². The summed E-state index contributed by atoms with van der Waals surface area (Å²) in [6.45, 7) is 5.78. The number of piperidine rings is 1. The van der Waals surface area contributed by atoms with Crippen LogP contribution in [0.15, 0.2) is 20.7 Å². The molecule has 3 rings (SSSR count). The highest BCUT2D eigenvalue weighted by atomic mass is 32.2. The van der Waals surface area contributed by atoms with E-state index in [1.54, 1.807) is 6.92 Å². The number of aromatic nitrogens is 2. The van der Waals surface area contributed by atoms with Crippen molar-refractivity contribution in [2.75, 3.05) is 0 Å². The predicted molar refractivity (Wildman–Crippen MR) is 117 cm³/mol. The van der Waals surface area contributed by atoms with Crippen molar-refractivity contribution in [3.05, 3.63) is 27.0 Å². The largest absolute Gasteiger partial charge is 0.353 e. The highest BCUT2D eigenvalue weighted by Gasteiger charge is 2.50. The zero-order valence-electron chi connectivity index (χ0n) is 19.0. The van der Waals surface area contributed by atoms with Crippen molar-refractivity contribution in [1.29, 1.82) is 0 Å². The highest BCUT2D eigenvalue weighted by molar-refractivity contribution is 7.89. The molecule has 1 aromatic heterocycles. The molecule has 0 spiro atoms. The first kappa shape index (κ1) is 23.7. The monoisotopic (exact) mass is 454 g/mol. The van der Waals surface area contributed by atoms with Crippen molar-refractivity contribution in [2.45, 2.75) is 82.3 Å². The molecule has 2 aliphatic rings. The number of fused-ring (bicyclic) bond motifs is 1. The van der Waals surface area contributed by atoms with E-state index >= 15 is 0 Å². The van der Waals surface area contributed by atoms with Gasteiger partial charge in [0, 0.05) is 44.3 Å². The second kappa shape index (κ2) is 8.90. The lowest BCUT2D eigenvalue weighted by Gasteiger charge is -2.49. The van der Waals surface area contributed by atoms with E-state index < -0.39 is 32.2 Å². The van der Waals surface area contributed by atoms with E-state index in [2.05, 4.69) is 5.32 Å². The van der Waals surface area contributed by atoms with Gasteiger partial charge >= 0.3 is 5.69 Å². The zero-order valence-corrected chi connectivity index (χ0v) is 19.8. The lowest BCUT2D eigenvalue weighted by molar-refractivity contribution is -0.131. The van der Waals surface area contributed by atoms with Crippen LogP contribution in [-0.2, 0) is 28.9 Å².